The van der Waals surface area contributed by atoms with Gasteiger partial charge in [-0.25, -0.2) is 4.79 Å². The van der Waals surface area contributed by atoms with Crippen LogP contribution in [0, 0.1) is 5.92 Å². The first kappa shape index (κ1) is 20.1. The van der Waals surface area contributed by atoms with Gasteiger partial charge in [-0.2, -0.15) is 0 Å². The molecule has 0 fully saturated rings. The predicted molar refractivity (Wildman–Crippen MR) is 90.8 cm³/mol. The molecule has 0 saturated heterocycles. The van der Waals surface area contributed by atoms with Gasteiger partial charge in [0.15, 0.2) is 0 Å². The fourth-order valence-corrected chi connectivity index (χ4v) is 2.03. The Morgan fingerprint density at radius 2 is 1.56 bits per heavy atom. The van der Waals surface area contributed by atoms with Crippen molar-refractivity contribution >= 4 is 23.7 Å². The molecule has 0 bridgehead atoms. The van der Waals surface area contributed by atoms with Gasteiger partial charge >= 0.3 is 5.97 Å². The van der Waals surface area contributed by atoms with E-state index in [1.54, 1.807) is 30.3 Å². The zero-order chi connectivity index (χ0) is 18.8. The molecular weight excluding hydrogens is 326 g/mol. The number of rotatable bonds is 9. The average Bonchev–Trinajstić information content (AvgIpc) is 2.57. The summed E-state index contributed by atoms with van der Waals surface area (Å²) in [6.45, 7) is 3.05. The molecule has 0 spiro atoms. The van der Waals surface area contributed by atoms with Crippen LogP contribution in [0.3, 0.4) is 0 Å². The Morgan fingerprint density at radius 1 is 0.960 bits per heavy atom. The Balaban J connectivity index is 2.34. The monoisotopic (exact) mass is 349 g/mol. The Bertz CT molecular complexity index is 616. The average molecular weight is 349 g/mol. The SMILES string of the molecule is CC(C)C[C@H](NC(=O)CNC(=O)CNC(=O)c1ccccc1)C(=O)O. The van der Waals surface area contributed by atoms with Crippen LogP contribution < -0.4 is 16.0 Å². The summed E-state index contributed by atoms with van der Waals surface area (Å²) < 4.78 is 0. The number of hydrogen-bond acceptors (Lipinski definition) is 4. The summed E-state index contributed by atoms with van der Waals surface area (Å²) in [7, 11) is 0. The van der Waals surface area contributed by atoms with Crippen molar-refractivity contribution in [2.24, 2.45) is 5.92 Å². The maximum atomic E-state index is 11.8. The number of benzene rings is 1. The van der Waals surface area contributed by atoms with Crippen LogP contribution in [0.25, 0.3) is 0 Å². The lowest BCUT2D eigenvalue weighted by atomic mass is 10.0. The maximum Gasteiger partial charge on any atom is 0.326 e. The van der Waals surface area contributed by atoms with Crippen molar-refractivity contribution in [2.45, 2.75) is 26.3 Å². The number of amides is 3. The van der Waals surface area contributed by atoms with E-state index in [-0.39, 0.29) is 19.0 Å². The molecule has 0 radical (unpaired) electrons. The first-order valence-electron chi connectivity index (χ1n) is 7.91. The third kappa shape index (κ3) is 7.96. The van der Waals surface area contributed by atoms with Crippen LogP contribution in [0.15, 0.2) is 30.3 Å². The molecule has 0 aliphatic heterocycles. The van der Waals surface area contributed by atoms with Gasteiger partial charge in [-0.3, -0.25) is 14.4 Å². The number of carboxylic acid groups (broad SMARTS) is 1. The van der Waals surface area contributed by atoms with Crippen molar-refractivity contribution in [1.82, 2.24) is 16.0 Å². The van der Waals surface area contributed by atoms with Crippen LogP contribution in [0.4, 0.5) is 0 Å². The predicted octanol–water partition coefficient (Wildman–Crippen LogP) is 0.148. The van der Waals surface area contributed by atoms with Gasteiger partial charge in [-0.15, -0.1) is 0 Å². The number of carboxylic acids is 1. The normalized spacial score (nSPS) is 11.5. The highest BCUT2D eigenvalue weighted by Crippen LogP contribution is 2.04. The second-order valence-electron chi connectivity index (χ2n) is 5.91. The van der Waals surface area contributed by atoms with Crippen LogP contribution in [0.2, 0.25) is 0 Å². The van der Waals surface area contributed by atoms with Crippen molar-refractivity contribution in [2.75, 3.05) is 13.1 Å². The van der Waals surface area contributed by atoms with Crippen molar-refractivity contribution < 1.29 is 24.3 Å². The minimum atomic E-state index is -1.12. The molecule has 1 atom stereocenters. The molecule has 0 heterocycles. The third-order valence-electron chi connectivity index (χ3n) is 3.23. The van der Waals surface area contributed by atoms with Gasteiger partial charge in [0.2, 0.25) is 11.8 Å². The summed E-state index contributed by atoms with van der Waals surface area (Å²) in [6.07, 6.45) is 0.294. The molecule has 0 unspecified atom stereocenters. The number of hydrogen-bond donors (Lipinski definition) is 4. The lowest BCUT2D eigenvalue weighted by Crippen LogP contribution is -2.47. The van der Waals surface area contributed by atoms with Crippen LogP contribution >= 0.6 is 0 Å². The summed E-state index contributed by atoms with van der Waals surface area (Å²) in [5.41, 5.74) is 0.422. The van der Waals surface area contributed by atoms with Gasteiger partial charge in [0.25, 0.3) is 5.91 Å². The quantitative estimate of drug-likeness (QED) is 0.505. The van der Waals surface area contributed by atoms with E-state index in [1.165, 1.54) is 0 Å². The fourth-order valence-electron chi connectivity index (χ4n) is 2.03. The smallest absolute Gasteiger partial charge is 0.326 e. The maximum absolute atomic E-state index is 11.8. The van der Waals surface area contributed by atoms with E-state index in [2.05, 4.69) is 16.0 Å². The second kappa shape index (κ2) is 10.1. The minimum Gasteiger partial charge on any atom is -0.480 e. The van der Waals surface area contributed by atoms with Gasteiger partial charge in [-0.05, 0) is 24.5 Å². The molecule has 0 saturated carbocycles. The summed E-state index contributed by atoms with van der Waals surface area (Å²) in [5, 5.41) is 16.2. The molecule has 0 aromatic heterocycles. The van der Waals surface area contributed by atoms with Crippen LogP contribution in [0.5, 0.6) is 0 Å². The highest BCUT2D eigenvalue weighted by Gasteiger charge is 2.21. The number of carbonyl (C=O) groups is 4. The third-order valence-corrected chi connectivity index (χ3v) is 3.23. The number of nitrogens with one attached hydrogen (secondary N) is 3. The summed E-state index contributed by atoms with van der Waals surface area (Å²) >= 11 is 0. The largest absolute Gasteiger partial charge is 0.480 e. The molecule has 3 amide bonds. The zero-order valence-electron chi connectivity index (χ0n) is 14.2. The standard InChI is InChI=1S/C17H23N3O5/c1-11(2)8-13(17(24)25)20-15(22)10-18-14(21)9-19-16(23)12-6-4-3-5-7-12/h3-7,11,13H,8-10H2,1-2H3,(H,18,21)(H,19,23)(H,20,22)(H,24,25)/t13-/m0/s1. The van der Waals surface area contributed by atoms with Crippen LogP contribution in [0.1, 0.15) is 30.6 Å². The van der Waals surface area contributed by atoms with E-state index in [1.807, 2.05) is 13.8 Å². The van der Waals surface area contributed by atoms with E-state index < -0.39 is 29.7 Å². The first-order chi connectivity index (χ1) is 11.8. The highest BCUT2D eigenvalue weighted by atomic mass is 16.4. The summed E-state index contributed by atoms with van der Waals surface area (Å²) in [4.78, 5) is 46.2. The molecule has 8 nitrogen and oxygen atoms in total. The summed E-state index contributed by atoms with van der Waals surface area (Å²) in [6, 6.07) is 7.40. The fraction of sp³-hybridized carbons (Fsp3) is 0.412. The van der Waals surface area contributed by atoms with Gasteiger partial charge in [0.05, 0.1) is 13.1 Å². The minimum absolute atomic E-state index is 0.101. The topological polar surface area (TPSA) is 125 Å². The number of carbonyl (C=O) groups excluding carboxylic acids is 3. The summed E-state index contributed by atoms with van der Waals surface area (Å²) in [5.74, 6) is -2.57. The van der Waals surface area contributed by atoms with Crippen molar-refractivity contribution in [1.29, 1.82) is 0 Å². The molecule has 136 valence electrons. The van der Waals surface area contributed by atoms with E-state index >= 15 is 0 Å². The molecule has 4 N–H and O–H groups in total. The van der Waals surface area contributed by atoms with E-state index in [4.69, 9.17) is 5.11 Å². The lowest BCUT2D eigenvalue weighted by molar-refractivity contribution is -0.142. The van der Waals surface area contributed by atoms with Crippen molar-refractivity contribution in [3.8, 4) is 0 Å². The second-order valence-corrected chi connectivity index (χ2v) is 5.91. The molecule has 0 aliphatic rings. The van der Waals surface area contributed by atoms with E-state index in [9.17, 15) is 19.2 Å². The van der Waals surface area contributed by atoms with Gasteiger partial charge in [0.1, 0.15) is 6.04 Å². The molecular formula is C17H23N3O5. The van der Waals surface area contributed by atoms with Gasteiger partial charge < -0.3 is 21.1 Å². The van der Waals surface area contributed by atoms with Gasteiger partial charge in [-0.1, -0.05) is 32.0 Å². The van der Waals surface area contributed by atoms with Crippen LogP contribution in [-0.2, 0) is 14.4 Å². The van der Waals surface area contributed by atoms with Crippen molar-refractivity contribution in [3.63, 3.8) is 0 Å². The highest BCUT2D eigenvalue weighted by molar-refractivity contribution is 5.96. The Morgan fingerprint density at radius 3 is 2.12 bits per heavy atom. The Hall–Kier alpha value is -2.90. The van der Waals surface area contributed by atoms with Crippen molar-refractivity contribution in [3.05, 3.63) is 35.9 Å². The lowest BCUT2D eigenvalue weighted by Gasteiger charge is -2.16. The Kier molecular flexibility index (Phi) is 8.11. The molecule has 0 aliphatic carbocycles. The van der Waals surface area contributed by atoms with Gasteiger partial charge in [0, 0.05) is 5.56 Å². The first-order valence-corrected chi connectivity index (χ1v) is 7.91. The van der Waals surface area contributed by atoms with Crippen LogP contribution in [-0.4, -0.2) is 47.9 Å². The van der Waals surface area contributed by atoms with E-state index in [0.29, 0.717) is 12.0 Å². The zero-order valence-corrected chi connectivity index (χ0v) is 14.2. The molecule has 1 aromatic carbocycles. The molecule has 25 heavy (non-hydrogen) atoms. The molecule has 1 rings (SSSR count). The Labute approximate surface area is 146 Å². The number of aliphatic carboxylic acids is 1. The molecule has 1 aromatic rings. The molecule has 8 heteroatoms. The van der Waals surface area contributed by atoms with E-state index in [0.717, 1.165) is 0 Å².